The Kier molecular flexibility index (Phi) is 7.74. The van der Waals surface area contributed by atoms with Gasteiger partial charge < -0.3 is 4.74 Å². The van der Waals surface area contributed by atoms with Gasteiger partial charge in [-0.15, -0.1) is 0 Å². The largest absolute Gasteiger partial charge is 0.462 e. The minimum Gasteiger partial charge on any atom is -0.462 e. The molecule has 2 nitrogen and oxygen atoms in total. The third kappa shape index (κ3) is 6.80. The Bertz CT molecular complexity index is 338. The minimum atomic E-state index is -0.0759. The van der Waals surface area contributed by atoms with Crippen molar-refractivity contribution in [1.82, 2.24) is 0 Å². The van der Waals surface area contributed by atoms with Crippen molar-refractivity contribution in [2.75, 3.05) is 5.33 Å². The summed E-state index contributed by atoms with van der Waals surface area (Å²) in [4.78, 5) is 11.6. The van der Waals surface area contributed by atoms with Crippen LogP contribution < -0.4 is 0 Å². The molecule has 0 saturated heterocycles. The lowest BCUT2D eigenvalue weighted by Gasteiger charge is -2.13. The summed E-state index contributed by atoms with van der Waals surface area (Å²) < 4.78 is 5.38. The van der Waals surface area contributed by atoms with Crippen molar-refractivity contribution in [3.63, 3.8) is 0 Å². The predicted molar refractivity (Wildman–Crippen MR) is 78.0 cm³/mol. The van der Waals surface area contributed by atoms with Crippen molar-refractivity contribution < 1.29 is 9.53 Å². The minimum absolute atomic E-state index is 0.0453. The number of ether oxygens (including phenoxy) is 1. The Morgan fingerprint density at radius 2 is 1.94 bits per heavy atom. The summed E-state index contributed by atoms with van der Waals surface area (Å²) in [6.07, 6.45) is 4.39. The molecule has 0 aromatic heterocycles. The van der Waals surface area contributed by atoms with Crippen molar-refractivity contribution in [3.05, 3.63) is 35.9 Å². The van der Waals surface area contributed by atoms with Crippen LogP contribution in [0.25, 0.3) is 0 Å². The number of hydrogen-bond donors (Lipinski definition) is 0. The van der Waals surface area contributed by atoms with Crippen LogP contribution in [0, 0.1) is 0 Å². The van der Waals surface area contributed by atoms with E-state index in [1.54, 1.807) is 0 Å². The number of unbranched alkanes of at least 4 members (excludes halogenated alkanes) is 2. The number of hydrogen-bond acceptors (Lipinski definition) is 2. The van der Waals surface area contributed by atoms with E-state index in [2.05, 4.69) is 28.1 Å². The van der Waals surface area contributed by atoms with Gasteiger partial charge in [-0.25, -0.2) is 0 Å². The van der Waals surface area contributed by atoms with Crippen molar-refractivity contribution in [2.24, 2.45) is 0 Å². The number of esters is 1. The molecule has 0 aliphatic heterocycles. The summed E-state index contributed by atoms with van der Waals surface area (Å²) in [6.45, 7) is 1.95. The van der Waals surface area contributed by atoms with Crippen molar-refractivity contribution in [2.45, 2.75) is 45.1 Å². The van der Waals surface area contributed by atoms with Crippen LogP contribution in [0.5, 0.6) is 0 Å². The highest BCUT2D eigenvalue weighted by Gasteiger charge is 2.09. The number of carbonyl (C=O) groups excluding carboxylic acids is 1. The zero-order chi connectivity index (χ0) is 13.2. The second-order valence-electron chi connectivity index (χ2n) is 4.49. The third-order valence-corrected chi connectivity index (χ3v) is 3.27. The molecule has 3 heteroatoms. The first-order valence-electron chi connectivity index (χ1n) is 6.51. The number of halogens is 1. The van der Waals surface area contributed by atoms with Gasteiger partial charge in [0.1, 0.15) is 6.10 Å². The molecule has 18 heavy (non-hydrogen) atoms. The van der Waals surface area contributed by atoms with Crippen molar-refractivity contribution in [1.29, 1.82) is 0 Å². The molecule has 1 aromatic carbocycles. The normalized spacial score (nSPS) is 12.1. The molecule has 0 aliphatic rings. The monoisotopic (exact) mass is 312 g/mol. The van der Waals surface area contributed by atoms with Crippen LogP contribution in [0.2, 0.25) is 0 Å². The Hall–Kier alpha value is -0.830. The molecule has 0 N–H and O–H groups in total. The first-order chi connectivity index (χ1) is 8.72. The van der Waals surface area contributed by atoms with Gasteiger partial charge in [-0.05, 0) is 25.3 Å². The fraction of sp³-hybridized carbons (Fsp3) is 0.533. The summed E-state index contributed by atoms with van der Waals surface area (Å²) in [5.74, 6) is -0.0759. The SMILES string of the molecule is CC(Cc1ccccc1)OC(=O)CCCCCBr. The lowest BCUT2D eigenvalue weighted by Crippen LogP contribution is -2.17. The fourth-order valence-electron chi connectivity index (χ4n) is 1.81. The van der Waals surface area contributed by atoms with E-state index in [1.165, 1.54) is 5.56 Å². The Morgan fingerprint density at radius 3 is 2.61 bits per heavy atom. The average Bonchev–Trinajstić information content (AvgIpc) is 2.35. The molecule has 0 aliphatic carbocycles. The maximum Gasteiger partial charge on any atom is 0.306 e. The molecular weight excluding hydrogens is 292 g/mol. The molecule has 0 spiro atoms. The highest BCUT2D eigenvalue weighted by atomic mass is 79.9. The summed E-state index contributed by atoms with van der Waals surface area (Å²) in [5.41, 5.74) is 1.21. The molecule has 0 amide bonds. The lowest BCUT2D eigenvalue weighted by atomic mass is 10.1. The lowest BCUT2D eigenvalue weighted by molar-refractivity contribution is -0.148. The van der Waals surface area contributed by atoms with Gasteiger partial charge in [-0.2, -0.15) is 0 Å². The van der Waals surface area contributed by atoms with E-state index in [0.29, 0.717) is 6.42 Å². The quantitative estimate of drug-likeness (QED) is 0.410. The predicted octanol–water partition coefficient (Wildman–Crippen LogP) is 4.12. The van der Waals surface area contributed by atoms with Gasteiger partial charge >= 0.3 is 5.97 Å². The van der Waals surface area contributed by atoms with E-state index in [1.807, 2.05) is 25.1 Å². The van der Waals surface area contributed by atoms with Gasteiger partial charge in [-0.3, -0.25) is 4.79 Å². The Labute approximate surface area is 118 Å². The fourth-order valence-corrected chi connectivity index (χ4v) is 2.21. The van der Waals surface area contributed by atoms with Crippen molar-refractivity contribution in [3.8, 4) is 0 Å². The van der Waals surface area contributed by atoms with E-state index < -0.39 is 0 Å². The van der Waals surface area contributed by atoms with Crippen LogP contribution in [0.15, 0.2) is 30.3 Å². The average molecular weight is 313 g/mol. The van der Waals surface area contributed by atoms with Crippen LogP contribution in [0.1, 0.15) is 38.2 Å². The molecule has 0 bridgehead atoms. The molecule has 0 saturated carbocycles. The number of carbonyl (C=O) groups is 1. The number of rotatable bonds is 8. The first-order valence-corrected chi connectivity index (χ1v) is 7.64. The zero-order valence-electron chi connectivity index (χ0n) is 10.9. The van der Waals surface area contributed by atoms with E-state index >= 15 is 0 Å². The molecule has 0 radical (unpaired) electrons. The maximum atomic E-state index is 11.6. The van der Waals surface area contributed by atoms with Gasteiger partial charge in [0.05, 0.1) is 0 Å². The molecule has 100 valence electrons. The highest BCUT2D eigenvalue weighted by molar-refractivity contribution is 9.09. The van der Waals surface area contributed by atoms with Gasteiger partial charge in [-0.1, -0.05) is 52.7 Å². The van der Waals surface area contributed by atoms with Crippen LogP contribution in [0.3, 0.4) is 0 Å². The highest BCUT2D eigenvalue weighted by Crippen LogP contribution is 2.08. The van der Waals surface area contributed by atoms with Crippen LogP contribution >= 0.6 is 15.9 Å². The smallest absolute Gasteiger partial charge is 0.306 e. The third-order valence-electron chi connectivity index (χ3n) is 2.71. The van der Waals surface area contributed by atoms with Crippen LogP contribution in [-0.2, 0) is 16.0 Å². The zero-order valence-corrected chi connectivity index (χ0v) is 12.5. The van der Waals surface area contributed by atoms with Crippen LogP contribution in [-0.4, -0.2) is 17.4 Å². The standard InChI is InChI=1S/C15H21BrO2/c1-13(12-14-8-4-2-5-9-14)18-15(17)10-6-3-7-11-16/h2,4-5,8-9,13H,3,6-7,10-12H2,1H3. The summed E-state index contributed by atoms with van der Waals surface area (Å²) >= 11 is 3.38. The Balaban J connectivity index is 2.19. The van der Waals surface area contributed by atoms with Crippen molar-refractivity contribution >= 4 is 21.9 Å². The van der Waals surface area contributed by atoms with Gasteiger partial charge in [0.2, 0.25) is 0 Å². The maximum absolute atomic E-state index is 11.6. The van der Waals surface area contributed by atoms with Crippen LogP contribution in [0.4, 0.5) is 0 Å². The van der Waals surface area contributed by atoms with Gasteiger partial charge in [0, 0.05) is 18.2 Å². The van der Waals surface area contributed by atoms with E-state index in [0.717, 1.165) is 31.0 Å². The van der Waals surface area contributed by atoms with E-state index in [-0.39, 0.29) is 12.1 Å². The summed E-state index contributed by atoms with van der Waals surface area (Å²) in [7, 11) is 0. The molecular formula is C15H21BrO2. The van der Waals surface area contributed by atoms with E-state index in [4.69, 9.17) is 4.74 Å². The molecule has 0 fully saturated rings. The molecule has 1 atom stereocenters. The Morgan fingerprint density at radius 1 is 1.22 bits per heavy atom. The molecule has 1 unspecified atom stereocenters. The summed E-state index contributed by atoms with van der Waals surface area (Å²) in [5, 5.41) is 1.01. The van der Waals surface area contributed by atoms with Gasteiger partial charge in [0.25, 0.3) is 0 Å². The summed E-state index contributed by atoms with van der Waals surface area (Å²) in [6, 6.07) is 10.1. The molecule has 1 aromatic rings. The topological polar surface area (TPSA) is 26.3 Å². The molecule has 0 heterocycles. The number of alkyl halides is 1. The number of benzene rings is 1. The first kappa shape index (κ1) is 15.2. The second kappa shape index (κ2) is 9.15. The molecule has 1 rings (SSSR count). The van der Waals surface area contributed by atoms with Gasteiger partial charge in [0.15, 0.2) is 0 Å². The second-order valence-corrected chi connectivity index (χ2v) is 5.28. The van der Waals surface area contributed by atoms with E-state index in [9.17, 15) is 4.79 Å².